The van der Waals surface area contributed by atoms with Crippen LogP contribution in [-0.2, 0) is 11.3 Å². The fraction of sp³-hybridized carbons (Fsp3) is 0.462. The van der Waals surface area contributed by atoms with E-state index in [4.69, 9.17) is 4.74 Å². The average molecular weight is 329 g/mol. The number of ether oxygens (including phenoxy) is 1. The molecule has 104 valence electrons. The van der Waals surface area contributed by atoms with Crippen molar-refractivity contribution in [3.05, 3.63) is 22.2 Å². The van der Waals surface area contributed by atoms with Gasteiger partial charge < -0.3 is 20.5 Å². The smallest absolute Gasteiger partial charge is 0.220 e. The van der Waals surface area contributed by atoms with E-state index in [-0.39, 0.29) is 17.7 Å². The minimum Gasteiger partial charge on any atom is -0.503 e. The number of methoxy groups -OCH3 is 1. The first-order chi connectivity index (χ1) is 9.10. The number of benzene rings is 1. The first kappa shape index (κ1) is 14.1. The Morgan fingerprint density at radius 1 is 1.58 bits per heavy atom. The number of amides is 1. The minimum atomic E-state index is 0.106. The van der Waals surface area contributed by atoms with E-state index in [1.807, 2.05) is 6.07 Å². The lowest BCUT2D eigenvalue weighted by atomic mass is 10.2. The van der Waals surface area contributed by atoms with Crippen LogP contribution in [0.5, 0.6) is 11.5 Å². The molecule has 0 aliphatic carbocycles. The molecule has 1 atom stereocenters. The maximum atomic E-state index is 11.1. The van der Waals surface area contributed by atoms with Crippen LogP contribution in [0, 0.1) is 0 Å². The van der Waals surface area contributed by atoms with E-state index >= 15 is 0 Å². The fourth-order valence-corrected chi connectivity index (χ4v) is 2.60. The third-order valence-electron chi connectivity index (χ3n) is 3.11. The van der Waals surface area contributed by atoms with Gasteiger partial charge in [-0.1, -0.05) is 0 Å². The second-order valence-electron chi connectivity index (χ2n) is 4.56. The molecule has 1 saturated heterocycles. The van der Waals surface area contributed by atoms with E-state index < -0.39 is 0 Å². The molecule has 1 fully saturated rings. The molecule has 1 heterocycles. The summed E-state index contributed by atoms with van der Waals surface area (Å²) in [5.74, 6) is 0.676. The van der Waals surface area contributed by atoms with Gasteiger partial charge in [-0.15, -0.1) is 0 Å². The number of halogens is 1. The Balaban J connectivity index is 1.89. The number of nitrogens with one attached hydrogen (secondary N) is 2. The average Bonchev–Trinajstić information content (AvgIpc) is 2.79. The molecule has 19 heavy (non-hydrogen) atoms. The van der Waals surface area contributed by atoms with Crippen molar-refractivity contribution in [3.8, 4) is 11.5 Å². The van der Waals surface area contributed by atoms with Gasteiger partial charge in [-0.05, 0) is 40.0 Å². The molecule has 0 bridgehead atoms. The van der Waals surface area contributed by atoms with Gasteiger partial charge in [0.05, 0.1) is 11.6 Å². The number of aromatic hydroxyl groups is 1. The van der Waals surface area contributed by atoms with Gasteiger partial charge in [0.1, 0.15) is 0 Å². The van der Waals surface area contributed by atoms with Crippen molar-refractivity contribution in [3.63, 3.8) is 0 Å². The van der Waals surface area contributed by atoms with Gasteiger partial charge in [0.15, 0.2) is 11.5 Å². The van der Waals surface area contributed by atoms with E-state index in [0.29, 0.717) is 23.2 Å². The highest BCUT2D eigenvalue weighted by Gasteiger charge is 2.19. The van der Waals surface area contributed by atoms with E-state index in [1.165, 1.54) is 7.11 Å². The van der Waals surface area contributed by atoms with Crippen LogP contribution < -0.4 is 15.4 Å². The maximum Gasteiger partial charge on any atom is 0.220 e. The predicted molar refractivity (Wildman–Crippen MR) is 75.2 cm³/mol. The Bertz CT molecular complexity index is 479. The van der Waals surface area contributed by atoms with Gasteiger partial charge in [0, 0.05) is 25.6 Å². The van der Waals surface area contributed by atoms with E-state index in [1.54, 1.807) is 6.07 Å². The number of phenolic OH excluding ortho intramolecular Hbond substituents is 1. The molecule has 0 aromatic heterocycles. The molecule has 0 saturated carbocycles. The molecule has 1 aromatic carbocycles. The van der Waals surface area contributed by atoms with Crippen LogP contribution in [0.4, 0.5) is 0 Å². The van der Waals surface area contributed by atoms with Crippen molar-refractivity contribution in [1.82, 2.24) is 10.6 Å². The SMILES string of the molecule is COc1cc(CNCC2CCC(=O)N2)cc(Br)c1O. The largest absolute Gasteiger partial charge is 0.503 e. The van der Waals surface area contributed by atoms with Crippen molar-refractivity contribution in [2.45, 2.75) is 25.4 Å². The number of rotatable bonds is 5. The van der Waals surface area contributed by atoms with Crippen molar-refractivity contribution < 1.29 is 14.6 Å². The molecule has 1 aliphatic heterocycles. The number of carbonyl (C=O) groups is 1. The zero-order valence-electron chi connectivity index (χ0n) is 10.7. The van der Waals surface area contributed by atoms with Gasteiger partial charge in [-0.3, -0.25) is 4.79 Å². The monoisotopic (exact) mass is 328 g/mol. The van der Waals surface area contributed by atoms with Crippen LogP contribution in [0.1, 0.15) is 18.4 Å². The molecular formula is C13H17BrN2O3. The zero-order valence-corrected chi connectivity index (χ0v) is 12.3. The summed E-state index contributed by atoms with van der Waals surface area (Å²) in [6, 6.07) is 3.85. The Morgan fingerprint density at radius 3 is 3.00 bits per heavy atom. The van der Waals surface area contributed by atoms with Crippen molar-refractivity contribution in [2.24, 2.45) is 0 Å². The van der Waals surface area contributed by atoms with Gasteiger partial charge >= 0.3 is 0 Å². The van der Waals surface area contributed by atoms with E-state index in [2.05, 4.69) is 26.6 Å². The molecule has 3 N–H and O–H groups in total. The molecule has 2 rings (SSSR count). The molecule has 0 spiro atoms. The molecule has 1 unspecified atom stereocenters. The molecule has 1 aromatic rings. The second kappa shape index (κ2) is 6.25. The van der Waals surface area contributed by atoms with Crippen LogP contribution in [0.2, 0.25) is 0 Å². The Morgan fingerprint density at radius 2 is 2.37 bits per heavy atom. The number of hydrogen-bond acceptors (Lipinski definition) is 4. The van der Waals surface area contributed by atoms with Crippen LogP contribution in [-0.4, -0.2) is 30.7 Å². The van der Waals surface area contributed by atoms with Crippen LogP contribution in [0.25, 0.3) is 0 Å². The van der Waals surface area contributed by atoms with E-state index in [9.17, 15) is 9.90 Å². The summed E-state index contributed by atoms with van der Waals surface area (Å²) < 4.78 is 5.70. The Kier molecular flexibility index (Phi) is 4.66. The maximum absolute atomic E-state index is 11.1. The fourth-order valence-electron chi connectivity index (χ4n) is 2.11. The topological polar surface area (TPSA) is 70.6 Å². The van der Waals surface area contributed by atoms with Crippen LogP contribution in [0.3, 0.4) is 0 Å². The standard InChI is InChI=1S/C13H17BrN2O3/c1-19-11-5-8(4-10(14)13(11)18)6-15-7-9-2-3-12(17)16-9/h4-5,9,15,18H,2-3,6-7H2,1H3,(H,16,17). The zero-order chi connectivity index (χ0) is 13.8. The van der Waals surface area contributed by atoms with Crippen molar-refractivity contribution >= 4 is 21.8 Å². The van der Waals surface area contributed by atoms with Crippen LogP contribution in [0.15, 0.2) is 16.6 Å². The minimum absolute atomic E-state index is 0.106. The van der Waals surface area contributed by atoms with E-state index in [0.717, 1.165) is 18.5 Å². The highest BCUT2D eigenvalue weighted by molar-refractivity contribution is 9.10. The predicted octanol–water partition coefficient (Wildman–Crippen LogP) is 1.53. The number of carbonyl (C=O) groups excluding carboxylic acids is 1. The molecule has 1 aliphatic rings. The second-order valence-corrected chi connectivity index (χ2v) is 5.42. The summed E-state index contributed by atoms with van der Waals surface area (Å²) in [6.07, 6.45) is 1.50. The van der Waals surface area contributed by atoms with Gasteiger partial charge in [0.2, 0.25) is 5.91 Å². The molecule has 5 nitrogen and oxygen atoms in total. The third kappa shape index (κ3) is 3.61. The summed E-state index contributed by atoms with van der Waals surface area (Å²) in [4.78, 5) is 11.1. The molecule has 6 heteroatoms. The Labute approximate surface area is 120 Å². The first-order valence-corrected chi connectivity index (χ1v) is 6.95. The quantitative estimate of drug-likeness (QED) is 0.766. The van der Waals surface area contributed by atoms with Crippen LogP contribution >= 0.6 is 15.9 Å². The summed E-state index contributed by atoms with van der Waals surface area (Å²) in [5, 5.41) is 15.9. The number of phenols is 1. The first-order valence-electron chi connectivity index (χ1n) is 6.15. The van der Waals surface area contributed by atoms with Gasteiger partial charge in [-0.25, -0.2) is 0 Å². The summed E-state index contributed by atoms with van der Waals surface area (Å²) >= 11 is 3.29. The highest BCUT2D eigenvalue weighted by atomic mass is 79.9. The van der Waals surface area contributed by atoms with Crippen molar-refractivity contribution in [2.75, 3.05) is 13.7 Å². The van der Waals surface area contributed by atoms with Gasteiger partial charge in [-0.2, -0.15) is 0 Å². The molecule has 1 amide bonds. The lowest BCUT2D eigenvalue weighted by Crippen LogP contribution is -2.35. The van der Waals surface area contributed by atoms with Crippen molar-refractivity contribution in [1.29, 1.82) is 0 Å². The normalized spacial score (nSPS) is 18.4. The third-order valence-corrected chi connectivity index (χ3v) is 3.72. The Hall–Kier alpha value is -1.27. The summed E-state index contributed by atoms with van der Waals surface area (Å²) in [7, 11) is 1.52. The lowest BCUT2D eigenvalue weighted by Gasteiger charge is -2.13. The molecular weight excluding hydrogens is 312 g/mol. The highest BCUT2D eigenvalue weighted by Crippen LogP contribution is 2.35. The summed E-state index contributed by atoms with van der Waals surface area (Å²) in [6.45, 7) is 1.40. The number of hydrogen-bond donors (Lipinski definition) is 3. The molecule has 0 radical (unpaired) electrons. The lowest BCUT2D eigenvalue weighted by molar-refractivity contribution is -0.119. The summed E-state index contributed by atoms with van der Waals surface area (Å²) in [5.41, 5.74) is 1.01. The van der Waals surface area contributed by atoms with Gasteiger partial charge in [0.25, 0.3) is 0 Å².